The number of hydrogen-bond donors (Lipinski definition) is 2. The Balaban J connectivity index is 1.83. The summed E-state index contributed by atoms with van der Waals surface area (Å²) in [6.07, 6.45) is 3.04. The number of hydrogen-bond acceptors (Lipinski definition) is 5. The van der Waals surface area contributed by atoms with Crippen LogP contribution in [0.1, 0.15) is 23.2 Å². The van der Waals surface area contributed by atoms with Gasteiger partial charge in [0, 0.05) is 6.54 Å². The molecule has 0 spiro atoms. The van der Waals surface area contributed by atoms with Crippen molar-refractivity contribution in [2.24, 2.45) is 0 Å². The fourth-order valence-corrected chi connectivity index (χ4v) is 3.17. The molecule has 0 radical (unpaired) electrons. The van der Waals surface area contributed by atoms with Crippen molar-refractivity contribution in [3.05, 3.63) is 59.9 Å². The minimum atomic E-state index is -0.645. The summed E-state index contributed by atoms with van der Waals surface area (Å²) in [5.74, 6) is 0.850. The minimum absolute atomic E-state index is 0.242. The van der Waals surface area contributed by atoms with Gasteiger partial charge < -0.3 is 20.1 Å². The van der Waals surface area contributed by atoms with Gasteiger partial charge in [-0.1, -0.05) is 12.1 Å². The van der Waals surface area contributed by atoms with Crippen LogP contribution in [0, 0.1) is 5.82 Å². The number of benzene rings is 2. The van der Waals surface area contributed by atoms with Crippen molar-refractivity contribution in [1.29, 1.82) is 0 Å². The van der Waals surface area contributed by atoms with Gasteiger partial charge in [-0.2, -0.15) is 11.8 Å². The van der Waals surface area contributed by atoms with E-state index in [0.29, 0.717) is 43.1 Å². The summed E-state index contributed by atoms with van der Waals surface area (Å²) in [6.45, 7) is 0.787. The first-order valence-corrected chi connectivity index (χ1v) is 11.0. The third-order valence-corrected chi connectivity index (χ3v) is 4.93. The average molecular weight is 435 g/mol. The minimum Gasteiger partial charge on any atom is -0.496 e. The fourth-order valence-electron chi connectivity index (χ4n) is 2.70. The molecule has 30 heavy (non-hydrogen) atoms. The van der Waals surface area contributed by atoms with Crippen LogP contribution < -0.4 is 20.1 Å². The van der Waals surface area contributed by atoms with E-state index in [2.05, 4.69) is 10.6 Å². The van der Waals surface area contributed by atoms with Crippen LogP contribution in [0.2, 0.25) is 0 Å². The second-order valence-electron chi connectivity index (χ2n) is 6.45. The summed E-state index contributed by atoms with van der Waals surface area (Å²) in [5.41, 5.74) is 0.384. The van der Waals surface area contributed by atoms with Crippen molar-refractivity contribution >= 4 is 23.6 Å². The van der Waals surface area contributed by atoms with Gasteiger partial charge in [-0.15, -0.1) is 0 Å². The Hall–Kier alpha value is -2.74. The van der Waals surface area contributed by atoms with Crippen LogP contribution in [0.3, 0.4) is 0 Å². The smallest absolute Gasteiger partial charge is 0.255 e. The molecule has 0 bridgehead atoms. The van der Waals surface area contributed by atoms with E-state index in [1.165, 1.54) is 19.2 Å². The van der Waals surface area contributed by atoms with Crippen LogP contribution in [0.15, 0.2) is 48.5 Å². The molecule has 1 atom stereocenters. The molecule has 6 nitrogen and oxygen atoms in total. The lowest BCUT2D eigenvalue weighted by Crippen LogP contribution is -2.47. The quantitative estimate of drug-likeness (QED) is 0.502. The number of carbonyl (C=O) groups excluding carboxylic acids is 2. The Bertz CT molecular complexity index is 817. The van der Waals surface area contributed by atoms with E-state index < -0.39 is 6.04 Å². The van der Waals surface area contributed by atoms with Crippen LogP contribution in [0.4, 0.5) is 4.39 Å². The Labute approximate surface area is 180 Å². The van der Waals surface area contributed by atoms with Gasteiger partial charge in [-0.05, 0) is 61.2 Å². The molecule has 0 heterocycles. The third kappa shape index (κ3) is 7.59. The molecule has 162 valence electrons. The number of methoxy groups -OCH3 is 1. The molecule has 2 N–H and O–H groups in total. The summed E-state index contributed by atoms with van der Waals surface area (Å²) < 4.78 is 23.6. The van der Waals surface area contributed by atoms with E-state index in [0.717, 1.165) is 5.75 Å². The van der Waals surface area contributed by atoms with E-state index in [9.17, 15) is 14.0 Å². The molecule has 0 aliphatic carbocycles. The zero-order chi connectivity index (χ0) is 21.8. The molecule has 2 aromatic rings. The highest BCUT2D eigenvalue weighted by atomic mass is 32.2. The van der Waals surface area contributed by atoms with Gasteiger partial charge in [-0.25, -0.2) is 4.39 Å². The number of halogens is 1. The van der Waals surface area contributed by atoms with E-state index in [-0.39, 0.29) is 17.6 Å². The zero-order valence-electron chi connectivity index (χ0n) is 17.2. The molecule has 1 unspecified atom stereocenters. The lowest BCUT2D eigenvalue weighted by Gasteiger charge is -2.19. The number of ether oxygens (including phenoxy) is 2. The Morgan fingerprint density at radius 2 is 1.87 bits per heavy atom. The summed E-state index contributed by atoms with van der Waals surface area (Å²) in [4.78, 5) is 25.2. The van der Waals surface area contributed by atoms with Gasteiger partial charge in [0.05, 0.1) is 19.3 Å². The Kier molecular flexibility index (Phi) is 10.00. The van der Waals surface area contributed by atoms with E-state index >= 15 is 0 Å². The molecule has 0 aromatic heterocycles. The van der Waals surface area contributed by atoms with Gasteiger partial charge in [0.2, 0.25) is 5.91 Å². The van der Waals surface area contributed by atoms with E-state index in [1.54, 1.807) is 48.2 Å². The Morgan fingerprint density at radius 1 is 1.13 bits per heavy atom. The largest absolute Gasteiger partial charge is 0.496 e. The maximum Gasteiger partial charge on any atom is 0.255 e. The molecule has 0 fully saturated rings. The lowest BCUT2D eigenvalue weighted by atomic mass is 10.1. The van der Waals surface area contributed by atoms with Gasteiger partial charge in [0.1, 0.15) is 23.4 Å². The van der Waals surface area contributed by atoms with Crippen LogP contribution in [0.25, 0.3) is 0 Å². The molecular weight excluding hydrogens is 407 g/mol. The summed E-state index contributed by atoms with van der Waals surface area (Å²) >= 11 is 1.61. The van der Waals surface area contributed by atoms with Crippen LogP contribution >= 0.6 is 11.8 Å². The third-order valence-electron chi connectivity index (χ3n) is 4.29. The zero-order valence-corrected chi connectivity index (χ0v) is 18.0. The molecule has 2 rings (SSSR count). The SMILES string of the molecule is COc1ccccc1C(=O)NC(CCSC)C(=O)NCCCOc1ccc(F)cc1. The van der Waals surface area contributed by atoms with Gasteiger partial charge in [0.25, 0.3) is 5.91 Å². The Morgan fingerprint density at radius 3 is 2.57 bits per heavy atom. The number of carbonyl (C=O) groups is 2. The standard InChI is InChI=1S/C22H27FN2O4S/c1-28-20-7-4-3-6-18(20)21(26)25-19(12-15-30-2)22(27)24-13-5-14-29-17-10-8-16(23)9-11-17/h3-4,6-11,19H,5,12-15H2,1-2H3,(H,24,27)(H,25,26). The summed E-state index contributed by atoms with van der Waals surface area (Å²) in [5, 5.41) is 5.64. The van der Waals surface area contributed by atoms with Crippen molar-refractivity contribution in [2.75, 3.05) is 32.3 Å². The highest BCUT2D eigenvalue weighted by Crippen LogP contribution is 2.17. The number of amides is 2. The highest BCUT2D eigenvalue weighted by molar-refractivity contribution is 7.98. The van der Waals surface area contributed by atoms with Crippen molar-refractivity contribution in [1.82, 2.24) is 10.6 Å². The van der Waals surface area contributed by atoms with E-state index in [1.807, 2.05) is 6.26 Å². The molecule has 0 aliphatic heterocycles. The summed E-state index contributed by atoms with van der Waals surface area (Å²) in [7, 11) is 1.50. The number of nitrogens with one attached hydrogen (secondary N) is 2. The van der Waals surface area contributed by atoms with Crippen molar-refractivity contribution < 1.29 is 23.5 Å². The monoisotopic (exact) mass is 434 g/mol. The summed E-state index contributed by atoms with van der Waals surface area (Å²) in [6, 6.07) is 12.0. The van der Waals surface area contributed by atoms with Gasteiger partial charge in [-0.3, -0.25) is 9.59 Å². The normalized spacial score (nSPS) is 11.4. The molecular formula is C22H27FN2O4S. The first-order valence-electron chi connectivity index (χ1n) is 9.64. The molecule has 0 saturated carbocycles. The molecule has 8 heteroatoms. The number of thioether (sulfide) groups is 1. The first kappa shape index (κ1) is 23.5. The second-order valence-corrected chi connectivity index (χ2v) is 7.44. The predicted molar refractivity (Wildman–Crippen MR) is 117 cm³/mol. The van der Waals surface area contributed by atoms with Crippen LogP contribution in [0.5, 0.6) is 11.5 Å². The second kappa shape index (κ2) is 12.7. The number of rotatable bonds is 12. The fraction of sp³-hybridized carbons (Fsp3) is 0.364. The first-order chi connectivity index (χ1) is 14.5. The van der Waals surface area contributed by atoms with Crippen molar-refractivity contribution in [3.63, 3.8) is 0 Å². The molecule has 0 saturated heterocycles. The van der Waals surface area contributed by atoms with Gasteiger partial charge >= 0.3 is 0 Å². The number of para-hydroxylation sites is 1. The maximum absolute atomic E-state index is 12.9. The maximum atomic E-state index is 12.9. The highest BCUT2D eigenvalue weighted by Gasteiger charge is 2.22. The molecule has 2 amide bonds. The van der Waals surface area contributed by atoms with Crippen LogP contribution in [-0.2, 0) is 4.79 Å². The molecule has 0 aliphatic rings. The average Bonchev–Trinajstić information content (AvgIpc) is 2.77. The van der Waals surface area contributed by atoms with Crippen molar-refractivity contribution in [3.8, 4) is 11.5 Å². The molecule has 2 aromatic carbocycles. The topological polar surface area (TPSA) is 76.7 Å². The van der Waals surface area contributed by atoms with Crippen molar-refractivity contribution in [2.45, 2.75) is 18.9 Å². The van der Waals surface area contributed by atoms with Crippen LogP contribution in [-0.4, -0.2) is 50.1 Å². The predicted octanol–water partition coefficient (Wildman–Crippen LogP) is 3.27. The van der Waals surface area contributed by atoms with E-state index in [4.69, 9.17) is 9.47 Å². The van der Waals surface area contributed by atoms with Gasteiger partial charge in [0.15, 0.2) is 0 Å². The lowest BCUT2D eigenvalue weighted by molar-refractivity contribution is -0.123.